The molecule has 0 saturated carbocycles. The number of nitrogens with one attached hydrogen (secondary N) is 1. The fraction of sp³-hybridized carbons (Fsp3) is 0.500. The Labute approximate surface area is 241 Å². The molecule has 0 unspecified atom stereocenters. The standard InChI is InChI=1S/C24H31ClFN6O6PS/c1-14(23(34)35-5)30-39(40,38-16-9-7-6-8-10-16)36-12-24(11-25)19(33)17(26)22(37-24)32-13-27-18-20(31(3)4)28-15(2)29-21(18)32/h6-10,13-14,17,19,22,33H,11-12H2,1-5H3,(H,30,40)/t14-,17+,19+,22-,24-,39-/m1/s1. The molecule has 2 N–H and O–H groups in total. The monoisotopic (exact) mass is 616 g/mol. The Morgan fingerprint density at radius 3 is 2.70 bits per heavy atom. The normalized spacial score (nSPS) is 24.9. The molecule has 0 radical (unpaired) electrons. The number of benzene rings is 1. The molecule has 12 nitrogen and oxygen atoms in total. The first-order chi connectivity index (χ1) is 18.9. The summed E-state index contributed by atoms with van der Waals surface area (Å²) in [6.07, 6.45) is -3.58. The molecule has 4 rings (SSSR count). The molecule has 3 heterocycles. The molecule has 1 aliphatic rings. The van der Waals surface area contributed by atoms with Crippen LogP contribution in [-0.2, 0) is 30.6 Å². The van der Waals surface area contributed by atoms with Crippen LogP contribution in [0.2, 0.25) is 0 Å². The molecule has 16 heteroatoms. The van der Waals surface area contributed by atoms with Gasteiger partial charge in [-0.25, -0.2) is 24.4 Å². The highest BCUT2D eigenvalue weighted by atomic mass is 35.5. The molecule has 2 aromatic heterocycles. The number of halogens is 2. The zero-order valence-electron chi connectivity index (χ0n) is 22.5. The summed E-state index contributed by atoms with van der Waals surface area (Å²) < 4.78 is 40.0. The molecular formula is C24H31ClFN6O6PS. The number of imidazole rings is 1. The Morgan fingerprint density at radius 1 is 1.38 bits per heavy atom. The first-order valence-electron chi connectivity index (χ1n) is 12.2. The largest absolute Gasteiger partial charge is 0.468 e. The van der Waals surface area contributed by atoms with E-state index >= 15 is 4.39 Å². The Bertz CT molecular complexity index is 1400. The number of ether oxygens (including phenoxy) is 2. The number of carbonyl (C=O) groups excluding carboxylic acids is 1. The van der Waals surface area contributed by atoms with Crippen molar-refractivity contribution in [1.29, 1.82) is 0 Å². The number of esters is 1. The van der Waals surface area contributed by atoms with E-state index in [1.807, 2.05) is 0 Å². The SMILES string of the molecule is COC(=O)[C@@H](C)N[P@@](=S)(OC[C@@]1(CCl)O[C@@H](n2cnc3c(N(C)C)nc(C)nc32)[C@@H](F)[C@@H]1O)Oc1ccccc1. The van der Waals surface area contributed by atoms with Crippen molar-refractivity contribution in [2.24, 2.45) is 0 Å². The molecule has 3 aromatic rings. The number of aliphatic hydroxyl groups is 1. The lowest BCUT2D eigenvalue weighted by Gasteiger charge is -2.33. The fourth-order valence-corrected chi connectivity index (χ4v) is 6.91. The minimum absolute atomic E-state index is 0.327. The van der Waals surface area contributed by atoms with Gasteiger partial charge in [-0.15, -0.1) is 11.6 Å². The molecule has 6 atom stereocenters. The Morgan fingerprint density at radius 2 is 2.08 bits per heavy atom. The highest BCUT2D eigenvalue weighted by Crippen LogP contribution is 2.49. The van der Waals surface area contributed by atoms with Gasteiger partial charge in [0.05, 0.1) is 25.9 Å². The lowest BCUT2D eigenvalue weighted by molar-refractivity contribution is -0.142. The summed E-state index contributed by atoms with van der Waals surface area (Å²) in [4.78, 5) is 27.1. The number of aromatic nitrogens is 4. The van der Waals surface area contributed by atoms with Crippen LogP contribution >= 0.6 is 18.2 Å². The van der Waals surface area contributed by atoms with Crippen LogP contribution < -0.4 is 14.5 Å². The Balaban J connectivity index is 1.63. The average Bonchev–Trinajstić information content (AvgIpc) is 3.45. The number of rotatable bonds is 11. The van der Waals surface area contributed by atoms with Gasteiger partial charge >= 0.3 is 12.6 Å². The van der Waals surface area contributed by atoms with Crippen LogP contribution in [0.15, 0.2) is 36.7 Å². The smallest absolute Gasteiger partial charge is 0.323 e. The molecule has 40 heavy (non-hydrogen) atoms. The number of fused-ring (bicyclic) bond motifs is 1. The van der Waals surface area contributed by atoms with Crippen LogP contribution in [0.4, 0.5) is 10.2 Å². The first kappa shape index (κ1) is 30.5. The molecule has 0 aliphatic carbocycles. The molecule has 218 valence electrons. The third kappa shape index (κ3) is 6.08. The van der Waals surface area contributed by atoms with Crippen molar-refractivity contribution in [2.45, 2.75) is 44.0 Å². The number of para-hydroxylation sites is 1. The van der Waals surface area contributed by atoms with E-state index in [2.05, 4.69) is 20.0 Å². The average molecular weight is 617 g/mol. The number of aliphatic hydroxyl groups excluding tert-OH is 1. The van der Waals surface area contributed by atoms with Crippen LogP contribution in [0.1, 0.15) is 19.0 Å². The number of nitrogens with zero attached hydrogens (tertiary/aromatic N) is 5. The molecule has 0 amide bonds. The number of methoxy groups -OCH3 is 1. The van der Waals surface area contributed by atoms with Gasteiger partial charge in [0.1, 0.15) is 29.3 Å². The summed E-state index contributed by atoms with van der Waals surface area (Å²) in [6, 6.07) is 7.71. The minimum atomic E-state index is -3.50. The van der Waals surface area contributed by atoms with Gasteiger partial charge in [0.2, 0.25) is 0 Å². The maximum absolute atomic E-state index is 15.7. The van der Waals surface area contributed by atoms with E-state index in [9.17, 15) is 9.90 Å². The van der Waals surface area contributed by atoms with Gasteiger partial charge in [0, 0.05) is 14.1 Å². The number of carbonyl (C=O) groups is 1. The first-order valence-corrected chi connectivity index (χ1v) is 15.4. The minimum Gasteiger partial charge on any atom is -0.468 e. The second-order valence-electron chi connectivity index (χ2n) is 9.46. The molecule has 1 fully saturated rings. The van der Waals surface area contributed by atoms with E-state index in [0.717, 1.165) is 0 Å². The van der Waals surface area contributed by atoms with Gasteiger partial charge < -0.3 is 28.5 Å². The maximum Gasteiger partial charge on any atom is 0.323 e. The Kier molecular flexibility index (Phi) is 9.30. The van der Waals surface area contributed by atoms with Crippen molar-refractivity contribution in [2.75, 3.05) is 38.6 Å². The van der Waals surface area contributed by atoms with E-state index in [-0.39, 0.29) is 5.88 Å². The van der Waals surface area contributed by atoms with Crippen molar-refractivity contribution >= 4 is 53.0 Å². The zero-order chi connectivity index (χ0) is 29.2. The molecule has 1 aromatic carbocycles. The summed E-state index contributed by atoms with van der Waals surface area (Å²) in [5.74, 6) is 0.433. The summed E-state index contributed by atoms with van der Waals surface area (Å²) in [5.41, 5.74) is -0.962. The van der Waals surface area contributed by atoms with Crippen molar-refractivity contribution < 1.29 is 32.8 Å². The van der Waals surface area contributed by atoms with Gasteiger partial charge in [-0.05, 0) is 37.8 Å². The number of alkyl halides is 2. The van der Waals surface area contributed by atoms with Crippen LogP contribution in [-0.4, -0.2) is 88.2 Å². The lowest BCUT2D eigenvalue weighted by Crippen LogP contribution is -2.48. The third-order valence-corrected chi connectivity index (χ3v) is 9.19. The van der Waals surface area contributed by atoms with Crippen molar-refractivity contribution in [3.8, 4) is 5.75 Å². The highest BCUT2D eigenvalue weighted by Gasteiger charge is 2.57. The molecule has 1 aliphatic heterocycles. The van der Waals surface area contributed by atoms with E-state index in [4.69, 9.17) is 41.9 Å². The quantitative estimate of drug-likeness (QED) is 0.186. The molecule has 0 bridgehead atoms. The van der Waals surface area contributed by atoms with E-state index in [0.29, 0.717) is 28.6 Å². The number of anilines is 1. The third-order valence-electron chi connectivity index (χ3n) is 6.26. The van der Waals surface area contributed by atoms with Crippen molar-refractivity contribution in [1.82, 2.24) is 24.6 Å². The molecule has 1 saturated heterocycles. The van der Waals surface area contributed by atoms with Gasteiger partial charge in [-0.3, -0.25) is 9.36 Å². The summed E-state index contributed by atoms with van der Waals surface area (Å²) >= 11 is 12.0. The second-order valence-corrected chi connectivity index (χ2v) is 12.9. The topological polar surface area (TPSA) is 133 Å². The fourth-order valence-electron chi connectivity index (χ4n) is 4.18. The molecular weight excluding hydrogens is 586 g/mol. The van der Waals surface area contributed by atoms with Crippen molar-refractivity contribution in [3.05, 3.63) is 42.5 Å². The predicted molar refractivity (Wildman–Crippen MR) is 151 cm³/mol. The zero-order valence-corrected chi connectivity index (χ0v) is 25.0. The van der Waals surface area contributed by atoms with E-state index in [1.54, 1.807) is 56.3 Å². The van der Waals surface area contributed by atoms with Gasteiger partial charge in [0.25, 0.3) is 0 Å². The van der Waals surface area contributed by atoms with Crippen LogP contribution in [0.3, 0.4) is 0 Å². The van der Waals surface area contributed by atoms with Crippen LogP contribution in [0.5, 0.6) is 5.75 Å². The Hall–Kier alpha value is -2.45. The second kappa shape index (κ2) is 12.2. The van der Waals surface area contributed by atoms with Gasteiger partial charge in [-0.1, -0.05) is 18.2 Å². The number of hydrogen-bond acceptors (Lipinski definition) is 11. The number of aryl methyl sites for hydroxylation is 1. The summed E-state index contributed by atoms with van der Waals surface area (Å²) in [6.45, 7) is -0.710. The molecule has 0 spiro atoms. The van der Waals surface area contributed by atoms with Crippen LogP contribution in [0.25, 0.3) is 11.2 Å². The van der Waals surface area contributed by atoms with Crippen LogP contribution in [0, 0.1) is 6.92 Å². The van der Waals surface area contributed by atoms with Gasteiger partial charge in [-0.2, -0.15) is 0 Å². The maximum atomic E-state index is 15.7. The highest BCUT2D eigenvalue weighted by molar-refractivity contribution is 8.09. The van der Waals surface area contributed by atoms with E-state index < -0.39 is 49.4 Å². The van der Waals surface area contributed by atoms with E-state index in [1.165, 1.54) is 24.9 Å². The lowest BCUT2D eigenvalue weighted by atomic mass is 9.99. The predicted octanol–water partition coefficient (Wildman–Crippen LogP) is 2.88. The van der Waals surface area contributed by atoms with Gasteiger partial charge in [0.15, 0.2) is 29.4 Å². The summed E-state index contributed by atoms with van der Waals surface area (Å²) in [7, 11) is 4.85. The van der Waals surface area contributed by atoms with Crippen molar-refractivity contribution in [3.63, 3.8) is 0 Å². The number of hydrogen-bond donors (Lipinski definition) is 2. The summed E-state index contributed by atoms with van der Waals surface area (Å²) in [5, 5.41) is 13.9.